The Morgan fingerprint density at radius 1 is 1.05 bits per heavy atom. The maximum atomic E-state index is 12.5. The Hall–Kier alpha value is -1.77. The summed E-state index contributed by atoms with van der Waals surface area (Å²) in [6.07, 6.45) is 8.65. The van der Waals surface area contributed by atoms with E-state index in [1.54, 1.807) is 0 Å². The van der Waals surface area contributed by atoms with Gasteiger partial charge < -0.3 is 9.88 Å². The van der Waals surface area contributed by atoms with Crippen molar-refractivity contribution >= 4 is 16.8 Å². The maximum Gasteiger partial charge on any atom is 0.227 e. The highest BCUT2D eigenvalue weighted by atomic mass is 16.2. The van der Waals surface area contributed by atoms with Crippen molar-refractivity contribution in [1.82, 2.24) is 9.88 Å². The van der Waals surface area contributed by atoms with Crippen molar-refractivity contribution in [3.8, 4) is 0 Å². The van der Waals surface area contributed by atoms with Crippen LogP contribution in [-0.2, 0) is 11.2 Å². The SMILES string of the molecule is O=C(Cc1c[nH]c2ccccc12)N1CCCCCCC1. The van der Waals surface area contributed by atoms with Gasteiger partial charge in [0.15, 0.2) is 0 Å². The van der Waals surface area contributed by atoms with Gasteiger partial charge in [-0.25, -0.2) is 0 Å². The van der Waals surface area contributed by atoms with Crippen LogP contribution in [-0.4, -0.2) is 28.9 Å². The molecule has 20 heavy (non-hydrogen) atoms. The number of para-hydroxylation sites is 1. The zero-order valence-electron chi connectivity index (χ0n) is 11.9. The van der Waals surface area contributed by atoms with Crippen molar-refractivity contribution in [2.75, 3.05) is 13.1 Å². The lowest BCUT2D eigenvalue weighted by molar-refractivity contribution is -0.130. The Morgan fingerprint density at radius 2 is 1.75 bits per heavy atom. The van der Waals surface area contributed by atoms with E-state index in [0.29, 0.717) is 6.42 Å². The topological polar surface area (TPSA) is 36.1 Å². The summed E-state index contributed by atoms with van der Waals surface area (Å²) < 4.78 is 0. The summed E-state index contributed by atoms with van der Waals surface area (Å²) in [5.74, 6) is 0.275. The van der Waals surface area contributed by atoms with Gasteiger partial charge in [-0.15, -0.1) is 0 Å². The monoisotopic (exact) mass is 270 g/mol. The highest BCUT2D eigenvalue weighted by Gasteiger charge is 2.16. The normalized spacial score (nSPS) is 16.9. The van der Waals surface area contributed by atoms with E-state index >= 15 is 0 Å². The zero-order chi connectivity index (χ0) is 13.8. The van der Waals surface area contributed by atoms with Crippen LogP contribution in [0.4, 0.5) is 0 Å². The molecule has 1 saturated heterocycles. The summed E-state index contributed by atoms with van der Waals surface area (Å²) in [6.45, 7) is 1.86. The smallest absolute Gasteiger partial charge is 0.227 e. The number of aromatic amines is 1. The minimum Gasteiger partial charge on any atom is -0.361 e. The number of carbonyl (C=O) groups excluding carboxylic acids is 1. The van der Waals surface area contributed by atoms with E-state index in [0.717, 1.165) is 37.0 Å². The van der Waals surface area contributed by atoms with Crippen LogP contribution >= 0.6 is 0 Å². The lowest BCUT2D eigenvalue weighted by Gasteiger charge is -2.24. The summed E-state index contributed by atoms with van der Waals surface area (Å²) >= 11 is 0. The lowest BCUT2D eigenvalue weighted by Crippen LogP contribution is -2.34. The van der Waals surface area contributed by atoms with Crippen molar-refractivity contribution in [2.24, 2.45) is 0 Å². The van der Waals surface area contributed by atoms with Gasteiger partial charge in [-0.2, -0.15) is 0 Å². The molecule has 1 aliphatic rings. The molecule has 3 rings (SSSR count). The molecular weight excluding hydrogens is 248 g/mol. The van der Waals surface area contributed by atoms with E-state index in [9.17, 15) is 4.79 Å². The third-order valence-corrected chi connectivity index (χ3v) is 4.23. The molecule has 2 aromatic rings. The Morgan fingerprint density at radius 3 is 2.55 bits per heavy atom. The molecule has 0 unspecified atom stereocenters. The molecule has 0 aliphatic carbocycles. The van der Waals surface area contributed by atoms with Crippen LogP contribution in [0.15, 0.2) is 30.5 Å². The Bertz CT molecular complexity index is 579. The molecule has 0 saturated carbocycles. The van der Waals surface area contributed by atoms with Gasteiger partial charge in [0.1, 0.15) is 0 Å². The van der Waals surface area contributed by atoms with E-state index in [-0.39, 0.29) is 5.91 Å². The van der Waals surface area contributed by atoms with Gasteiger partial charge in [0, 0.05) is 30.2 Å². The number of rotatable bonds is 2. The van der Waals surface area contributed by atoms with Crippen LogP contribution < -0.4 is 0 Å². The van der Waals surface area contributed by atoms with Crippen molar-refractivity contribution in [3.05, 3.63) is 36.0 Å². The molecule has 1 aromatic heterocycles. The molecular formula is C17H22N2O. The summed E-state index contributed by atoms with van der Waals surface area (Å²) in [7, 11) is 0. The molecule has 0 radical (unpaired) electrons. The number of hydrogen-bond donors (Lipinski definition) is 1. The first kappa shape index (κ1) is 13.2. The highest BCUT2D eigenvalue weighted by molar-refractivity contribution is 5.88. The number of hydrogen-bond acceptors (Lipinski definition) is 1. The molecule has 1 aromatic carbocycles. The quantitative estimate of drug-likeness (QED) is 0.890. The van der Waals surface area contributed by atoms with E-state index in [4.69, 9.17) is 0 Å². The summed E-state index contributed by atoms with van der Waals surface area (Å²) in [6, 6.07) is 8.18. The Kier molecular flexibility index (Phi) is 4.05. The summed E-state index contributed by atoms with van der Waals surface area (Å²) in [4.78, 5) is 17.8. The van der Waals surface area contributed by atoms with Crippen LogP contribution in [0, 0.1) is 0 Å². The van der Waals surface area contributed by atoms with E-state index < -0.39 is 0 Å². The fourth-order valence-corrected chi connectivity index (χ4v) is 3.05. The molecule has 1 amide bonds. The van der Waals surface area contributed by atoms with Crippen LogP contribution in [0.1, 0.15) is 37.7 Å². The third kappa shape index (κ3) is 2.87. The van der Waals surface area contributed by atoms with Crippen molar-refractivity contribution in [1.29, 1.82) is 0 Å². The zero-order valence-corrected chi connectivity index (χ0v) is 11.9. The van der Waals surface area contributed by atoms with Gasteiger partial charge in [-0.05, 0) is 24.5 Å². The predicted octanol–water partition coefficient (Wildman–Crippen LogP) is 3.50. The minimum atomic E-state index is 0.275. The number of nitrogens with one attached hydrogen (secondary N) is 1. The van der Waals surface area contributed by atoms with Crippen LogP contribution in [0.3, 0.4) is 0 Å². The van der Waals surface area contributed by atoms with E-state index in [1.165, 1.54) is 24.6 Å². The fourth-order valence-electron chi connectivity index (χ4n) is 3.05. The van der Waals surface area contributed by atoms with Gasteiger partial charge in [-0.3, -0.25) is 4.79 Å². The number of amides is 1. The second-order valence-corrected chi connectivity index (χ2v) is 5.68. The first-order valence-corrected chi connectivity index (χ1v) is 7.67. The number of H-pyrrole nitrogens is 1. The van der Waals surface area contributed by atoms with Crippen molar-refractivity contribution in [3.63, 3.8) is 0 Å². The molecule has 0 bridgehead atoms. The number of likely N-dealkylation sites (tertiary alicyclic amines) is 1. The van der Waals surface area contributed by atoms with E-state index in [2.05, 4.69) is 22.0 Å². The molecule has 3 nitrogen and oxygen atoms in total. The van der Waals surface area contributed by atoms with Crippen LogP contribution in [0.2, 0.25) is 0 Å². The molecule has 3 heteroatoms. The average Bonchev–Trinajstić information content (AvgIpc) is 2.82. The molecule has 2 heterocycles. The van der Waals surface area contributed by atoms with Crippen molar-refractivity contribution < 1.29 is 4.79 Å². The summed E-state index contributed by atoms with van der Waals surface area (Å²) in [5.41, 5.74) is 2.23. The molecule has 0 spiro atoms. The van der Waals surface area contributed by atoms with Crippen molar-refractivity contribution in [2.45, 2.75) is 38.5 Å². The van der Waals surface area contributed by atoms with Crippen LogP contribution in [0.5, 0.6) is 0 Å². The van der Waals surface area contributed by atoms with E-state index in [1.807, 2.05) is 18.3 Å². The van der Waals surface area contributed by atoms with Gasteiger partial charge in [0.25, 0.3) is 0 Å². The first-order valence-electron chi connectivity index (χ1n) is 7.67. The maximum absolute atomic E-state index is 12.5. The number of aromatic nitrogens is 1. The fraction of sp³-hybridized carbons (Fsp3) is 0.471. The molecule has 0 atom stereocenters. The summed E-state index contributed by atoms with van der Waals surface area (Å²) in [5, 5.41) is 1.17. The Labute approximate surface area is 120 Å². The van der Waals surface area contributed by atoms with Gasteiger partial charge in [-0.1, -0.05) is 37.5 Å². The predicted molar refractivity (Wildman–Crippen MR) is 81.7 cm³/mol. The number of fused-ring (bicyclic) bond motifs is 1. The number of carbonyl (C=O) groups is 1. The molecule has 1 N–H and O–H groups in total. The first-order chi connectivity index (χ1) is 9.84. The molecule has 106 valence electrons. The van der Waals surface area contributed by atoms with Gasteiger partial charge in [0.05, 0.1) is 6.42 Å². The third-order valence-electron chi connectivity index (χ3n) is 4.23. The van der Waals surface area contributed by atoms with Gasteiger partial charge >= 0.3 is 0 Å². The second-order valence-electron chi connectivity index (χ2n) is 5.68. The molecule has 1 fully saturated rings. The minimum absolute atomic E-state index is 0.275. The Balaban J connectivity index is 1.71. The highest BCUT2D eigenvalue weighted by Crippen LogP contribution is 2.19. The number of benzene rings is 1. The lowest BCUT2D eigenvalue weighted by atomic mass is 10.1. The average molecular weight is 270 g/mol. The van der Waals surface area contributed by atoms with Gasteiger partial charge in [0.2, 0.25) is 5.91 Å². The second kappa shape index (κ2) is 6.12. The molecule has 1 aliphatic heterocycles. The largest absolute Gasteiger partial charge is 0.361 e. The van der Waals surface area contributed by atoms with Crippen LogP contribution in [0.25, 0.3) is 10.9 Å². The number of nitrogens with zero attached hydrogens (tertiary/aromatic N) is 1. The standard InChI is InChI=1S/C17H22N2O/c20-17(19-10-6-2-1-3-7-11-19)12-14-13-18-16-9-5-4-8-15(14)16/h4-5,8-9,13,18H,1-3,6-7,10-12H2.